The number of rotatable bonds is 2. The Balaban J connectivity index is 2.51. The molecule has 0 aliphatic rings. The van der Waals surface area contributed by atoms with Crippen LogP contribution >= 0.6 is 0 Å². The van der Waals surface area contributed by atoms with Crippen molar-refractivity contribution in [2.24, 2.45) is 0 Å². The van der Waals surface area contributed by atoms with Crippen molar-refractivity contribution >= 4 is 0 Å². The van der Waals surface area contributed by atoms with Gasteiger partial charge in [-0.2, -0.15) is 13.2 Å². The predicted octanol–water partition coefficient (Wildman–Crippen LogP) is 3.19. The average Bonchev–Trinajstić information content (AvgIpc) is 2.37. The van der Waals surface area contributed by atoms with Crippen molar-refractivity contribution < 1.29 is 18.3 Å². The molecular weight excluding hydrogens is 269 g/mol. The van der Waals surface area contributed by atoms with Crippen molar-refractivity contribution in [3.8, 4) is 0 Å². The van der Waals surface area contributed by atoms with Gasteiger partial charge in [0.2, 0.25) is 0 Å². The first-order chi connectivity index (χ1) is 9.30. The maximum atomic E-state index is 12.9. The van der Waals surface area contributed by atoms with E-state index in [1.54, 1.807) is 26.0 Å². The number of hydrogen-bond donors (Lipinski definition) is 1. The number of aliphatic hydroxyl groups excluding tert-OH is 1. The SMILES string of the molecule is Cc1ccc(C(O)c2cnccc2C(F)(F)F)c(C)n1. The number of pyridine rings is 2. The fourth-order valence-corrected chi connectivity index (χ4v) is 2.04. The molecule has 106 valence electrons. The molecule has 0 bridgehead atoms. The standard InChI is InChI=1S/C14H13F3N2O/c1-8-3-4-10(9(2)19-8)13(20)11-7-18-6-5-12(11)14(15,16)17/h3-7,13,20H,1-2H3. The molecule has 2 rings (SSSR count). The zero-order valence-electron chi connectivity index (χ0n) is 10.9. The first kappa shape index (κ1) is 14.5. The summed E-state index contributed by atoms with van der Waals surface area (Å²) in [7, 11) is 0. The van der Waals surface area contributed by atoms with Crippen LogP contribution in [0.2, 0.25) is 0 Å². The molecule has 2 heterocycles. The largest absolute Gasteiger partial charge is 0.416 e. The normalized spacial score (nSPS) is 13.3. The summed E-state index contributed by atoms with van der Waals surface area (Å²) in [5.41, 5.74) is 0.415. The molecule has 1 atom stereocenters. The lowest BCUT2D eigenvalue weighted by Crippen LogP contribution is -2.14. The summed E-state index contributed by atoms with van der Waals surface area (Å²) in [6.07, 6.45) is -3.86. The molecule has 2 aromatic heterocycles. The van der Waals surface area contributed by atoms with E-state index in [0.29, 0.717) is 11.3 Å². The molecule has 20 heavy (non-hydrogen) atoms. The Hall–Kier alpha value is -1.95. The lowest BCUT2D eigenvalue weighted by Gasteiger charge is -2.18. The Bertz CT molecular complexity index is 626. The first-order valence-electron chi connectivity index (χ1n) is 5.94. The zero-order chi connectivity index (χ0) is 14.9. The molecule has 6 heteroatoms. The highest BCUT2D eigenvalue weighted by Crippen LogP contribution is 2.36. The Morgan fingerprint density at radius 1 is 1.10 bits per heavy atom. The minimum absolute atomic E-state index is 0.270. The summed E-state index contributed by atoms with van der Waals surface area (Å²) in [5.74, 6) is 0. The van der Waals surface area contributed by atoms with Crippen LogP contribution in [0.25, 0.3) is 0 Å². The van der Waals surface area contributed by atoms with Crippen molar-refractivity contribution in [2.45, 2.75) is 26.1 Å². The Morgan fingerprint density at radius 3 is 2.40 bits per heavy atom. The van der Waals surface area contributed by atoms with Crippen LogP contribution in [0.3, 0.4) is 0 Å². The molecule has 0 saturated carbocycles. The second-order valence-corrected chi connectivity index (χ2v) is 4.49. The molecule has 0 saturated heterocycles. The van der Waals surface area contributed by atoms with E-state index in [4.69, 9.17) is 0 Å². The molecule has 1 N–H and O–H groups in total. The van der Waals surface area contributed by atoms with Crippen LogP contribution in [-0.2, 0) is 6.18 Å². The summed E-state index contributed by atoms with van der Waals surface area (Å²) in [5, 5.41) is 10.2. The number of aromatic nitrogens is 2. The van der Waals surface area contributed by atoms with Gasteiger partial charge in [-0.3, -0.25) is 9.97 Å². The van der Waals surface area contributed by atoms with Gasteiger partial charge in [-0.1, -0.05) is 6.07 Å². The topological polar surface area (TPSA) is 46.0 Å². The molecule has 0 fully saturated rings. The van der Waals surface area contributed by atoms with Gasteiger partial charge in [-0.25, -0.2) is 0 Å². The van der Waals surface area contributed by atoms with Crippen LogP contribution in [0.5, 0.6) is 0 Å². The summed E-state index contributed by atoms with van der Waals surface area (Å²) in [4.78, 5) is 7.82. The highest BCUT2D eigenvalue weighted by molar-refractivity contribution is 5.37. The van der Waals surface area contributed by atoms with E-state index in [1.165, 1.54) is 0 Å². The number of aliphatic hydroxyl groups is 1. The van der Waals surface area contributed by atoms with Crippen LogP contribution in [0.1, 0.15) is 34.2 Å². The quantitative estimate of drug-likeness (QED) is 0.920. The van der Waals surface area contributed by atoms with Crippen molar-refractivity contribution in [1.82, 2.24) is 9.97 Å². The molecule has 0 aliphatic carbocycles. The van der Waals surface area contributed by atoms with E-state index in [0.717, 1.165) is 24.2 Å². The van der Waals surface area contributed by atoms with Crippen LogP contribution < -0.4 is 0 Å². The van der Waals surface area contributed by atoms with Crippen LogP contribution in [-0.4, -0.2) is 15.1 Å². The third-order valence-corrected chi connectivity index (χ3v) is 3.01. The second kappa shape index (κ2) is 5.20. The van der Waals surface area contributed by atoms with E-state index in [2.05, 4.69) is 9.97 Å². The Labute approximate surface area is 114 Å². The maximum Gasteiger partial charge on any atom is 0.416 e. The summed E-state index contributed by atoms with van der Waals surface area (Å²) < 4.78 is 38.8. The number of aryl methyl sites for hydroxylation is 2. The van der Waals surface area contributed by atoms with E-state index in [1.807, 2.05) is 0 Å². The Kier molecular flexibility index (Phi) is 3.76. The van der Waals surface area contributed by atoms with Gasteiger partial charge in [-0.15, -0.1) is 0 Å². The van der Waals surface area contributed by atoms with E-state index in [-0.39, 0.29) is 5.56 Å². The molecule has 0 radical (unpaired) electrons. The fourth-order valence-electron chi connectivity index (χ4n) is 2.04. The van der Waals surface area contributed by atoms with Crippen LogP contribution in [0, 0.1) is 13.8 Å². The van der Waals surface area contributed by atoms with Crippen molar-refractivity contribution in [3.63, 3.8) is 0 Å². The number of nitrogens with zero attached hydrogens (tertiary/aromatic N) is 2. The molecule has 0 amide bonds. The minimum atomic E-state index is -4.54. The van der Waals surface area contributed by atoms with Gasteiger partial charge < -0.3 is 5.11 Å². The molecule has 0 spiro atoms. The van der Waals surface area contributed by atoms with E-state index in [9.17, 15) is 18.3 Å². The number of hydrogen-bond acceptors (Lipinski definition) is 3. The average molecular weight is 282 g/mol. The highest BCUT2D eigenvalue weighted by Gasteiger charge is 2.35. The third-order valence-electron chi connectivity index (χ3n) is 3.01. The van der Waals surface area contributed by atoms with Gasteiger partial charge in [-0.05, 0) is 26.0 Å². The van der Waals surface area contributed by atoms with Crippen molar-refractivity contribution in [1.29, 1.82) is 0 Å². The summed E-state index contributed by atoms with van der Waals surface area (Å²) in [6, 6.07) is 4.08. The smallest absolute Gasteiger partial charge is 0.384 e. The van der Waals surface area contributed by atoms with E-state index < -0.39 is 17.8 Å². The second-order valence-electron chi connectivity index (χ2n) is 4.49. The molecule has 2 aromatic rings. The molecule has 0 aromatic carbocycles. The zero-order valence-corrected chi connectivity index (χ0v) is 10.9. The van der Waals surface area contributed by atoms with Gasteiger partial charge in [0.1, 0.15) is 6.10 Å². The number of halogens is 3. The molecule has 3 nitrogen and oxygen atoms in total. The summed E-state index contributed by atoms with van der Waals surface area (Å²) >= 11 is 0. The van der Waals surface area contributed by atoms with Gasteiger partial charge in [0.25, 0.3) is 0 Å². The summed E-state index contributed by atoms with van der Waals surface area (Å²) in [6.45, 7) is 3.42. The van der Waals surface area contributed by atoms with Crippen LogP contribution in [0.4, 0.5) is 13.2 Å². The lowest BCUT2D eigenvalue weighted by molar-refractivity contribution is -0.139. The van der Waals surface area contributed by atoms with Crippen molar-refractivity contribution in [3.05, 3.63) is 58.7 Å². The molecular formula is C14H13F3N2O. The van der Waals surface area contributed by atoms with Gasteiger partial charge in [0.15, 0.2) is 0 Å². The van der Waals surface area contributed by atoms with E-state index >= 15 is 0 Å². The van der Waals surface area contributed by atoms with Gasteiger partial charge >= 0.3 is 6.18 Å². The molecule has 0 aliphatic heterocycles. The first-order valence-corrected chi connectivity index (χ1v) is 5.94. The van der Waals surface area contributed by atoms with Gasteiger partial charge in [0.05, 0.1) is 5.56 Å². The lowest BCUT2D eigenvalue weighted by atomic mass is 9.97. The van der Waals surface area contributed by atoms with Gasteiger partial charge in [0, 0.05) is 34.9 Å². The monoisotopic (exact) mass is 282 g/mol. The maximum absolute atomic E-state index is 12.9. The van der Waals surface area contributed by atoms with Crippen molar-refractivity contribution in [2.75, 3.05) is 0 Å². The fraction of sp³-hybridized carbons (Fsp3) is 0.286. The molecule has 1 unspecified atom stereocenters. The minimum Gasteiger partial charge on any atom is -0.384 e. The predicted molar refractivity (Wildman–Crippen MR) is 67.0 cm³/mol. The number of alkyl halides is 3. The Morgan fingerprint density at radius 2 is 1.80 bits per heavy atom. The van der Waals surface area contributed by atoms with Crippen LogP contribution in [0.15, 0.2) is 30.6 Å². The highest BCUT2D eigenvalue weighted by atomic mass is 19.4. The third kappa shape index (κ3) is 2.80.